The van der Waals surface area contributed by atoms with Gasteiger partial charge in [-0.15, -0.1) is 0 Å². The zero-order valence-corrected chi connectivity index (χ0v) is 9.93. The summed E-state index contributed by atoms with van der Waals surface area (Å²) < 4.78 is 5.93. The number of hydrogen-bond donors (Lipinski definition) is 1. The van der Waals surface area contributed by atoms with Gasteiger partial charge in [0.1, 0.15) is 6.10 Å². The maximum absolute atomic E-state index is 5.93. The molecule has 1 aliphatic heterocycles. The molecule has 0 aromatic heterocycles. The van der Waals surface area contributed by atoms with Gasteiger partial charge < -0.3 is 10.1 Å². The molecule has 2 atom stereocenters. The highest BCUT2D eigenvalue weighted by Crippen LogP contribution is 2.29. The van der Waals surface area contributed by atoms with Crippen LogP contribution >= 0.6 is 0 Å². The predicted molar refractivity (Wildman–Crippen MR) is 69.2 cm³/mol. The quantitative estimate of drug-likeness (QED) is 0.804. The van der Waals surface area contributed by atoms with Gasteiger partial charge >= 0.3 is 0 Å². The number of aliphatic imine (C=N–C) groups is 1. The zero-order valence-electron chi connectivity index (χ0n) is 9.93. The van der Waals surface area contributed by atoms with E-state index in [-0.39, 0.29) is 0 Å². The molecule has 3 rings (SSSR count). The first kappa shape index (κ1) is 10.6. The molecule has 1 fully saturated rings. The molecule has 0 amide bonds. The molecule has 0 unspecified atom stereocenters. The molecular formula is C14H18N2O. The number of fused-ring (bicyclic) bond motifs is 1. The van der Waals surface area contributed by atoms with Crippen LogP contribution in [0.2, 0.25) is 0 Å². The van der Waals surface area contributed by atoms with Crippen molar-refractivity contribution in [1.29, 1.82) is 0 Å². The van der Waals surface area contributed by atoms with E-state index >= 15 is 0 Å². The molecule has 1 aliphatic carbocycles. The van der Waals surface area contributed by atoms with Gasteiger partial charge in [0.25, 0.3) is 6.02 Å². The fraction of sp³-hybridized carbons (Fsp3) is 0.500. The third kappa shape index (κ3) is 2.43. The average molecular weight is 230 g/mol. The second-order valence-electron chi connectivity index (χ2n) is 4.84. The molecule has 0 radical (unpaired) electrons. The Bertz CT molecular complexity index is 402. The number of anilines is 1. The van der Waals surface area contributed by atoms with Crippen LogP contribution in [0.5, 0.6) is 0 Å². The zero-order chi connectivity index (χ0) is 11.5. The molecule has 1 heterocycles. The Morgan fingerprint density at radius 2 is 1.94 bits per heavy atom. The fourth-order valence-electron chi connectivity index (χ4n) is 2.63. The normalized spacial score (nSPS) is 27.6. The number of rotatable bonds is 1. The van der Waals surface area contributed by atoms with Crippen LogP contribution in [0.25, 0.3) is 0 Å². The summed E-state index contributed by atoms with van der Waals surface area (Å²) in [6.07, 6.45) is 5.46. The number of para-hydroxylation sites is 1. The van der Waals surface area contributed by atoms with Crippen LogP contribution in [-0.2, 0) is 4.74 Å². The van der Waals surface area contributed by atoms with Gasteiger partial charge in [-0.1, -0.05) is 24.6 Å². The van der Waals surface area contributed by atoms with E-state index in [1.165, 1.54) is 25.7 Å². The Balaban J connectivity index is 1.67. The van der Waals surface area contributed by atoms with Crippen LogP contribution in [-0.4, -0.2) is 18.7 Å². The van der Waals surface area contributed by atoms with Crippen LogP contribution in [0.3, 0.4) is 0 Å². The van der Waals surface area contributed by atoms with Crippen LogP contribution in [0.15, 0.2) is 35.3 Å². The van der Waals surface area contributed by atoms with Crippen molar-refractivity contribution in [2.24, 2.45) is 10.9 Å². The summed E-state index contributed by atoms with van der Waals surface area (Å²) in [5.41, 5.74) is 1.04. The number of ether oxygens (including phenoxy) is 1. The highest BCUT2D eigenvalue weighted by atomic mass is 16.5. The van der Waals surface area contributed by atoms with E-state index in [4.69, 9.17) is 4.74 Å². The van der Waals surface area contributed by atoms with E-state index in [0.29, 0.717) is 18.0 Å². The molecule has 0 saturated heterocycles. The molecular weight excluding hydrogens is 212 g/mol. The SMILES string of the molecule is c1ccc(NC2=NC[C@H]3CCCC[C@H]3O2)cc1. The second-order valence-corrected chi connectivity index (χ2v) is 4.84. The third-order valence-corrected chi connectivity index (χ3v) is 3.60. The minimum Gasteiger partial charge on any atom is -0.461 e. The molecule has 0 spiro atoms. The molecule has 1 aromatic rings. The smallest absolute Gasteiger partial charge is 0.289 e. The first-order valence-corrected chi connectivity index (χ1v) is 6.45. The Hall–Kier alpha value is -1.51. The Morgan fingerprint density at radius 1 is 1.12 bits per heavy atom. The maximum Gasteiger partial charge on any atom is 0.289 e. The van der Waals surface area contributed by atoms with E-state index in [1.54, 1.807) is 0 Å². The van der Waals surface area contributed by atoms with Gasteiger partial charge in [-0.2, -0.15) is 0 Å². The topological polar surface area (TPSA) is 33.6 Å². The highest BCUT2D eigenvalue weighted by Gasteiger charge is 2.30. The number of nitrogens with one attached hydrogen (secondary N) is 1. The first-order valence-electron chi connectivity index (χ1n) is 6.45. The summed E-state index contributed by atoms with van der Waals surface area (Å²) in [4.78, 5) is 4.49. The van der Waals surface area contributed by atoms with Crippen molar-refractivity contribution >= 4 is 11.7 Å². The van der Waals surface area contributed by atoms with Gasteiger partial charge in [0, 0.05) is 11.6 Å². The van der Waals surface area contributed by atoms with Gasteiger partial charge in [0.15, 0.2) is 0 Å². The van der Waals surface area contributed by atoms with Crippen molar-refractivity contribution < 1.29 is 4.74 Å². The summed E-state index contributed by atoms with van der Waals surface area (Å²) in [5, 5.41) is 3.24. The van der Waals surface area contributed by atoms with Crippen molar-refractivity contribution in [2.45, 2.75) is 31.8 Å². The van der Waals surface area contributed by atoms with Gasteiger partial charge in [0.05, 0.1) is 6.54 Å². The average Bonchev–Trinajstić information content (AvgIpc) is 2.40. The van der Waals surface area contributed by atoms with Gasteiger partial charge in [-0.3, -0.25) is 0 Å². The summed E-state index contributed by atoms with van der Waals surface area (Å²) in [6, 6.07) is 10.8. The summed E-state index contributed by atoms with van der Waals surface area (Å²) >= 11 is 0. The number of benzene rings is 1. The number of amidine groups is 1. The number of nitrogens with zero attached hydrogens (tertiary/aromatic N) is 1. The summed E-state index contributed by atoms with van der Waals surface area (Å²) in [6.45, 7) is 0.917. The molecule has 3 nitrogen and oxygen atoms in total. The fourth-order valence-corrected chi connectivity index (χ4v) is 2.63. The Morgan fingerprint density at radius 3 is 2.82 bits per heavy atom. The van der Waals surface area contributed by atoms with Crippen molar-refractivity contribution in [2.75, 3.05) is 11.9 Å². The van der Waals surface area contributed by atoms with Crippen molar-refractivity contribution in [3.05, 3.63) is 30.3 Å². The van der Waals surface area contributed by atoms with E-state index in [0.717, 1.165) is 12.2 Å². The molecule has 17 heavy (non-hydrogen) atoms. The largest absolute Gasteiger partial charge is 0.461 e. The van der Waals surface area contributed by atoms with Crippen LogP contribution in [0.1, 0.15) is 25.7 Å². The molecule has 1 aromatic carbocycles. The lowest BCUT2D eigenvalue weighted by atomic mass is 9.86. The molecule has 90 valence electrons. The van der Waals surface area contributed by atoms with Crippen LogP contribution in [0.4, 0.5) is 5.69 Å². The maximum atomic E-state index is 5.93. The monoisotopic (exact) mass is 230 g/mol. The Labute approximate surface area is 102 Å². The second kappa shape index (κ2) is 4.78. The van der Waals surface area contributed by atoms with Crippen molar-refractivity contribution in [3.63, 3.8) is 0 Å². The van der Waals surface area contributed by atoms with E-state index in [2.05, 4.69) is 10.3 Å². The first-order chi connectivity index (χ1) is 8.42. The summed E-state index contributed by atoms with van der Waals surface area (Å²) in [5.74, 6) is 0.644. The van der Waals surface area contributed by atoms with Crippen LogP contribution < -0.4 is 5.32 Å². The minimum atomic E-state index is 0.382. The predicted octanol–water partition coefficient (Wildman–Crippen LogP) is 3.04. The highest BCUT2D eigenvalue weighted by molar-refractivity contribution is 5.89. The standard InChI is InChI=1S/C14H18N2O/c1-2-7-12(8-3-1)16-14-15-10-11-6-4-5-9-13(11)17-14/h1-3,7-8,11,13H,4-6,9-10H2,(H,15,16)/t11-,13-/m1/s1. The van der Waals surface area contributed by atoms with Crippen molar-refractivity contribution in [1.82, 2.24) is 0 Å². The van der Waals surface area contributed by atoms with Gasteiger partial charge in [-0.25, -0.2) is 4.99 Å². The Kier molecular flexibility index (Phi) is 2.99. The number of hydrogen-bond acceptors (Lipinski definition) is 3. The molecule has 0 bridgehead atoms. The molecule has 1 N–H and O–H groups in total. The lowest BCUT2D eigenvalue weighted by molar-refractivity contribution is 0.0718. The van der Waals surface area contributed by atoms with E-state index in [9.17, 15) is 0 Å². The lowest BCUT2D eigenvalue weighted by Gasteiger charge is -2.34. The van der Waals surface area contributed by atoms with Gasteiger partial charge in [-0.05, 0) is 31.4 Å². The molecule has 3 heteroatoms. The summed E-state index contributed by atoms with van der Waals surface area (Å²) in [7, 11) is 0. The van der Waals surface area contributed by atoms with E-state index < -0.39 is 0 Å². The molecule has 1 saturated carbocycles. The third-order valence-electron chi connectivity index (χ3n) is 3.60. The van der Waals surface area contributed by atoms with Crippen molar-refractivity contribution in [3.8, 4) is 0 Å². The lowest BCUT2D eigenvalue weighted by Crippen LogP contribution is -2.38. The minimum absolute atomic E-state index is 0.382. The van der Waals surface area contributed by atoms with Crippen LogP contribution in [0, 0.1) is 5.92 Å². The van der Waals surface area contributed by atoms with Gasteiger partial charge in [0.2, 0.25) is 0 Å². The molecule has 2 aliphatic rings. The van der Waals surface area contributed by atoms with E-state index in [1.807, 2.05) is 30.3 Å².